The lowest BCUT2D eigenvalue weighted by Crippen LogP contribution is -2.35. The van der Waals surface area contributed by atoms with Crippen LogP contribution in [-0.2, 0) is 9.47 Å². The second kappa shape index (κ2) is 7.04. The molecule has 1 fully saturated rings. The summed E-state index contributed by atoms with van der Waals surface area (Å²) in [5.74, 6) is 0. The molecule has 1 aromatic carbocycles. The molecule has 1 aromatic rings. The molecule has 1 N–H and O–H groups in total. The first-order chi connectivity index (χ1) is 9.19. The van der Waals surface area contributed by atoms with Crippen molar-refractivity contribution in [2.24, 2.45) is 0 Å². The molecule has 1 heterocycles. The number of likely N-dealkylation sites (N-methyl/N-ethyl adjacent to an activating group) is 1. The molecule has 1 aliphatic heterocycles. The third-order valence-electron chi connectivity index (χ3n) is 3.70. The van der Waals surface area contributed by atoms with Crippen LogP contribution < -0.4 is 5.32 Å². The van der Waals surface area contributed by atoms with Gasteiger partial charge in [0.25, 0.3) is 0 Å². The summed E-state index contributed by atoms with van der Waals surface area (Å²) >= 11 is 0. The summed E-state index contributed by atoms with van der Waals surface area (Å²) in [7, 11) is 1.98. The van der Waals surface area contributed by atoms with E-state index in [0.29, 0.717) is 24.9 Å². The minimum absolute atomic E-state index is 0.259. The van der Waals surface area contributed by atoms with Gasteiger partial charge in [0.15, 0.2) is 0 Å². The highest BCUT2D eigenvalue weighted by Crippen LogP contribution is 2.23. The van der Waals surface area contributed by atoms with Crippen LogP contribution >= 0.6 is 0 Å². The van der Waals surface area contributed by atoms with E-state index >= 15 is 0 Å². The number of hydrogen-bond donors (Lipinski definition) is 1. The van der Waals surface area contributed by atoms with E-state index in [1.54, 1.807) is 0 Å². The Labute approximate surface area is 116 Å². The highest BCUT2D eigenvalue weighted by molar-refractivity contribution is 5.18. The Morgan fingerprint density at radius 3 is 2.42 bits per heavy atom. The van der Waals surface area contributed by atoms with E-state index in [2.05, 4.69) is 43.4 Å². The van der Waals surface area contributed by atoms with Crippen molar-refractivity contribution in [2.45, 2.75) is 51.0 Å². The summed E-state index contributed by atoms with van der Waals surface area (Å²) < 4.78 is 11.8. The van der Waals surface area contributed by atoms with Gasteiger partial charge in [-0.2, -0.15) is 0 Å². The Bertz CT molecular complexity index is 358. The average Bonchev–Trinajstić information content (AvgIpc) is 2.39. The van der Waals surface area contributed by atoms with E-state index in [4.69, 9.17) is 9.47 Å². The zero-order valence-electron chi connectivity index (χ0n) is 12.1. The fourth-order valence-corrected chi connectivity index (χ4v) is 2.74. The van der Waals surface area contributed by atoms with Gasteiger partial charge < -0.3 is 14.8 Å². The van der Waals surface area contributed by atoms with Crippen LogP contribution in [-0.4, -0.2) is 32.0 Å². The monoisotopic (exact) mass is 263 g/mol. The van der Waals surface area contributed by atoms with Crippen molar-refractivity contribution in [1.29, 1.82) is 0 Å². The molecule has 3 heteroatoms. The van der Waals surface area contributed by atoms with Crippen molar-refractivity contribution >= 4 is 0 Å². The minimum Gasteiger partial charge on any atom is -0.376 e. The molecule has 19 heavy (non-hydrogen) atoms. The average molecular weight is 263 g/mol. The molecule has 0 amide bonds. The lowest BCUT2D eigenvalue weighted by Gasteiger charge is -2.33. The molecule has 0 bridgehead atoms. The zero-order chi connectivity index (χ0) is 13.7. The summed E-state index contributed by atoms with van der Waals surface area (Å²) in [5.41, 5.74) is 1.28. The topological polar surface area (TPSA) is 30.5 Å². The van der Waals surface area contributed by atoms with Crippen LogP contribution in [0.4, 0.5) is 0 Å². The third kappa shape index (κ3) is 4.30. The normalized spacial score (nSPS) is 29.1. The van der Waals surface area contributed by atoms with Gasteiger partial charge in [0, 0.05) is 0 Å². The van der Waals surface area contributed by atoms with Gasteiger partial charge in [-0.3, -0.25) is 0 Å². The van der Waals surface area contributed by atoms with Crippen LogP contribution in [0.2, 0.25) is 0 Å². The summed E-state index contributed by atoms with van der Waals surface area (Å²) in [6, 6.07) is 10.7. The fourth-order valence-electron chi connectivity index (χ4n) is 2.74. The molecule has 0 saturated carbocycles. The van der Waals surface area contributed by atoms with Gasteiger partial charge in [-0.15, -0.1) is 0 Å². The van der Waals surface area contributed by atoms with Crippen molar-refractivity contribution in [3.8, 4) is 0 Å². The minimum atomic E-state index is 0.259. The summed E-state index contributed by atoms with van der Waals surface area (Å²) in [5, 5.41) is 3.32. The molecule has 106 valence electrons. The Balaban J connectivity index is 1.86. The van der Waals surface area contributed by atoms with Crippen LogP contribution in [0.3, 0.4) is 0 Å². The smallest absolute Gasteiger partial charge is 0.0665 e. The van der Waals surface area contributed by atoms with Gasteiger partial charge in [0.05, 0.1) is 31.0 Å². The zero-order valence-corrected chi connectivity index (χ0v) is 12.1. The molecule has 2 rings (SSSR count). The van der Waals surface area contributed by atoms with Gasteiger partial charge in [0.2, 0.25) is 0 Å². The first-order valence-corrected chi connectivity index (χ1v) is 7.18. The van der Waals surface area contributed by atoms with Crippen LogP contribution in [0.15, 0.2) is 30.3 Å². The predicted molar refractivity (Wildman–Crippen MR) is 77.2 cm³/mol. The number of hydrogen-bond acceptors (Lipinski definition) is 3. The standard InChI is InChI=1S/C16H25NO2/c1-12-9-15(10-13(2)19-12)18-11-16(17-3)14-7-5-4-6-8-14/h4-8,12-13,15-17H,9-11H2,1-3H3. The number of rotatable bonds is 5. The van der Waals surface area contributed by atoms with Gasteiger partial charge in [0.1, 0.15) is 0 Å². The first kappa shape index (κ1) is 14.5. The fraction of sp³-hybridized carbons (Fsp3) is 0.625. The van der Waals surface area contributed by atoms with Gasteiger partial charge >= 0.3 is 0 Å². The number of ether oxygens (including phenoxy) is 2. The Morgan fingerprint density at radius 1 is 1.21 bits per heavy atom. The van der Waals surface area contributed by atoms with Crippen LogP contribution in [0, 0.1) is 0 Å². The first-order valence-electron chi connectivity index (χ1n) is 7.18. The Morgan fingerprint density at radius 2 is 1.84 bits per heavy atom. The third-order valence-corrected chi connectivity index (χ3v) is 3.70. The van der Waals surface area contributed by atoms with Crippen LogP contribution in [0.25, 0.3) is 0 Å². The maximum absolute atomic E-state index is 6.09. The Kier molecular flexibility index (Phi) is 5.37. The molecule has 1 aliphatic rings. The molecular formula is C16H25NO2. The molecule has 0 spiro atoms. The van der Waals surface area contributed by atoms with E-state index < -0.39 is 0 Å². The van der Waals surface area contributed by atoms with E-state index in [1.165, 1.54) is 5.56 Å². The van der Waals surface area contributed by atoms with Crippen molar-refractivity contribution in [3.05, 3.63) is 35.9 Å². The second-order valence-electron chi connectivity index (χ2n) is 5.44. The summed E-state index contributed by atoms with van der Waals surface area (Å²) in [6.07, 6.45) is 2.92. The SMILES string of the molecule is CNC(COC1CC(C)OC(C)C1)c1ccccc1. The molecule has 3 unspecified atom stereocenters. The molecule has 0 aromatic heterocycles. The van der Waals surface area contributed by atoms with E-state index in [1.807, 2.05) is 13.1 Å². The number of nitrogens with one attached hydrogen (secondary N) is 1. The lowest BCUT2D eigenvalue weighted by atomic mass is 10.0. The molecule has 0 aliphatic carbocycles. The number of benzene rings is 1. The predicted octanol–water partition coefficient (Wildman–Crippen LogP) is 2.92. The second-order valence-corrected chi connectivity index (χ2v) is 5.44. The maximum atomic E-state index is 6.09. The quantitative estimate of drug-likeness (QED) is 0.886. The highest BCUT2D eigenvalue weighted by atomic mass is 16.5. The summed E-state index contributed by atoms with van der Waals surface area (Å²) in [6.45, 7) is 4.96. The van der Waals surface area contributed by atoms with Gasteiger partial charge in [-0.25, -0.2) is 0 Å². The van der Waals surface area contributed by atoms with Crippen molar-refractivity contribution in [2.75, 3.05) is 13.7 Å². The van der Waals surface area contributed by atoms with Gasteiger partial charge in [-0.1, -0.05) is 30.3 Å². The van der Waals surface area contributed by atoms with Crippen LogP contribution in [0.1, 0.15) is 38.3 Å². The Hall–Kier alpha value is -0.900. The summed E-state index contributed by atoms with van der Waals surface area (Å²) in [4.78, 5) is 0. The van der Waals surface area contributed by atoms with Crippen molar-refractivity contribution in [3.63, 3.8) is 0 Å². The molecule has 3 atom stereocenters. The lowest BCUT2D eigenvalue weighted by molar-refractivity contribution is -0.104. The molecule has 1 saturated heterocycles. The van der Waals surface area contributed by atoms with Crippen molar-refractivity contribution in [1.82, 2.24) is 5.32 Å². The van der Waals surface area contributed by atoms with Crippen LogP contribution in [0.5, 0.6) is 0 Å². The molecule has 3 nitrogen and oxygen atoms in total. The highest BCUT2D eigenvalue weighted by Gasteiger charge is 2.25. The largest absolute Gasteiger partial charge is 0.376 e. The van der Waals surface area contributed by atoms with E-state index in [9.17, 15) is 0 Å². The maximum Gasteiger partial charge on any atom is 0.0665 e. The van der Waals surface area contributed by atoms with E-state index in [0.717, 1.165) is 12.8 Å². The molecule has 0 radical (unpaired) electrons. The molecular weight excluding hydrogens is 238 g/mol. The van der Waals surface area contributed by atoms with Crippen molar-refractivity contribution < 1.29 is 9.47 Å². The van der Waals surface area contributed by atoms with Gasteiger partial charge in [-0.05, 0) is 39.3 Å². The van der Waals surface area contributed by atoms with E-state index in [-0.39, 0.29) is 6.04 Å².